The van der Waals surface area contributed by atoms with Crippen LogP contribution in [0.15, 0.2) is 29.3 Å². The van der Waals surface area contributed by atoms with Gasteiger partial charge in [-0.15, -0.1) is 0 Å². The number of nitrogens with zero attached hydrogens (tertiary/aromatic N) is 2. The Hall–Kier alpha value is -1.31. The Labute approximate surface area is 159 Å². The smallest absolute Gasteiger partial charge is 0.191 e. The number of nitrogens with one attached hydrogen (secondary N) is 2. The van der Waals surface area contributed by atoms with E-state index in [4.69, 9.17) is 4.74 Å². The van der Waals surface area contributed by atoms with Crippen LogP contribution in [0.25, 0.3) is 0 Å². The minimum atomic E-state index is -0.193. The monoisotopic (exact) mass is 380 g/mol. The average Bonchev–Trinajstić information content (AvgIpc) is 3.19. The zero-order valence-electron chi connectivity index (χ0n) is 15.4. The normalized spacial score (nSPS) is 23.0. The summed E-state index contributed by atoms with van der Waals surface area (Å²) in [6, 6.07) is 6.99. The zero-order chi connectivity index (χ0) is 18.2. The number of hydrogen-bond donors (Lipinski definition) is 2. The molecule has 26 heavy (non-hydrogen) atoms. The molecule has 2 aliphatic rings. The van der Waals surface area contributed by atoms with E-state index < -0.39 is 0 Å². The van der Waals surface area contributed by atoms with Crippen LogP contribution in [0, 0.1) is 5.82 Å². The van der Waals surface area contributed by atoms with Gasteiger partial charge in [-0.3, -0.25) is 9.89 Å². The highest BCUT2D eigenvalue weighted by atomic mass is 32.2. The van der Waals surface area contributed by atoms with Crippen molar-refractivity contribution in [2.45, 2.75) is 24.1 Å². The van der Waals surface area contributed by atoms with E-state index in [2.05, 4.69) is 20.5 Å². The SMILES string of the molecule is CN=C(NCC1CCCS1)NCC(c1cccc(F)c1)N1CCOCC1. The quantitative estimate of drug-likeness (QED) is 0.586. The molecule has 0 amide bonds. The summed E-state index contributed by atoms with van der Waals surface area (Å²) in [4.78, 5) is 6.70. The second kappa shape index (κ2) is 10.1. The summed E-state index contributed by atoms with van der Waals surface area (Å²) in [6.45, 7) is 4.77. The lowest BCUT2D eigenvalue weighted by atomic mass is 10.0. The number of guanidine groups is 1. The maximum Gasteiger partial charge on any atom is 0.191 e. The molecular formula is C19H29FN4OS. The third-order valence-electron chi connectivity index (χ3n) is 4.93. The number of aliphatic imine (C=N–C) groups is 1. The summed E-state index contributed by atoms with van der Waals surface area (Å²) in [6.07, 6.45) is 2.58. The molecule has 0 saturated carbocycles. The standard InChI is InChI=1S/C19H29FN4OS/c1-21-19(22-13-17-6-3-11-26-17)23-14-18(24-7-9-25-10-8-24)15-4-2-5-16(20)12-15/h2,4-5,12,17-18H,3,6-11,13-14H2,1H3,(H2,21,22,23). The number of hydrogen-bond acceptors (Lipinski definition) is 4. The first-order valence-corrected chi connectivity index (χ1v) is 10.4. The molecule has 1 aromatic carbocycles. The third kappa shape index (κ3) is 5.59. The van der Waals surface area contributed by atoms with E-state index in [-0.39, 0.29) is 11.9 Å². The summed E-state index contributed by atoms with van der Waals surface area (Å²) in [5.74, 6) is 1.88. The van der Waals surface area contributed by atoms with Gasteiger partial charge in [0.25, 0.3) is 0 Å². The molecule has 2 unspecified atom stereocenters. The molecule has 0 spiro atoms. The fraction of sp³-hybridized carbons (Fsp3) is 0.632. The van der Waals surface area contributed by atoms with Crippen LogP contribution in [0.1, 0.15) is 24.4 Å². The fourth-order valence-electron chi connectivity index (χ4n) is 3.49. The predicted molar refractivity (Wildman–Crippen MR) is 106 cm³/mol. The van der Waals surface area contributed by atoms with Gasteiger partial charge in [0.15, 0.2) is 5.96 Å². The molecule has 0 radical (unpaired) electrons. The van der Waals surface area contributed by atoms with Gasteiger partial charge in [0, 0.05) is 38.5 Å². The number of rotatable bonds is 6. The van der Waals surface area contributed by atoms with Gasteiger partial charge in [-0.05, 0) is 36.3 Å². The van der Waals surface area contributed by atoms with Gasteiger partial charge in [-0.1, -0.05) is 12.1 Å². The molecule has 5 nitrogen and oxygen atoms in total. The topological polar surface area (TPSA) is 48.9 Å². The number of benzene rings is 1. The Balaban J connectivity index is 1.60. The summed E-state index contributed by atoms with van der Waals surface area (Å²) in [7, 11) is 1.79. The van der Waals surface area contributed by atoms with Gasteiger partial charge in [0.2, 0.25) is 0 Å². The summed E-state index contributed by atoms with van der Waals surface area (Å²) < 4.78 is 19.2. The van der Waals surface area contributed by atoms with Crippen molar-refractivity contribution in [1.82, 2.24) is 15.5 Å². The van der Waals surface area contributed by atoms with Crippen LogP contribution in [0.3, 0.4) is 0 Å². The molecule has 1 aromatic rings. The van der Waals surface area contributed by atoms with Crippen LogP contribution in [-0.2, 0) is 4.74 Å². The van der Waals surface area contributed by atoms with E-state index in [1.807, 2.05) is 17.8 Å². The molecular weight excluding hydrogens is 351 g/mol. The highest BCUT2D eigenvalue weighted by molar-refractivity contribution is 8.00. The molecule has 2 fully saturated rings. The summed E-state index contributed by atoms with van der Waals surface area (Å²) >= 11 is 2.03. The third-order valence-corrected chi connectivity index (χ3v) is 6.33. The minimum Gasteiger partial charge on any atom is -0.379 e. The molecule has 2 atom stereocenters. The van der Waals surface area contributed by atoms with Gasteiger partial charge in [-0.25, -0.2) is 4.39 Å². The Kier molecular flexibility index (Phi) is 7.58. The van der Waals surface area contributed by atoms with Crippen molar-refractivity contribution in [3.05, 3.63) is 35.6 Å². The van der Waals surface area contributed by atoms with Gasteiger partial charge < -0.3 is 15.4 Å². The van der Waals surface area contributed by atoms with Crippen molar-refractivity contribution in [1.29, 1.82) is 0 Å². The summed E-state index contributed by atoms with van der Waals surface area (Å²) in [5, 5.41) is 7.54. The minimum absolute atomic E-state index is 0.0917. The number of ether oxygens (including phenoxy) is 1. The Morgan fingerprint density at radius 3 is 2.92 bits per heavy atom. The second-order valence-corrected chi connectivity index (χ2v) is 8.10. The van der Waals surface area contributed by atoms with E-state index in [1.54, 1.807) is 19.2 Å². The van der Waals surface area contributed by atoms with Crippen molar-refractivity contribution >= 4 is 17.7 Å². The first kappa shape index (κ1) is 19.5. The molecule has 2 aliphatic heterocycles. The molecule has 2 N–H and O–H groups in total. The van der Waals surface area contributed by atoms with Crippen LogP contribution in [0.2, 0.25) is 0 Å². The van der Waals surface area contributed by atoms with Crippen LogP contribution in [-0.4, -0.2) is 68.3 Å². The molecule has 3 rings (SSSR count). The Morgan fingerprint density at radius 1 is 1.38 bits per heavy atom. The Morgan fingerprint density at radius 2 is 2.23 bits per heavy atom. The van der Waals surface area contributed by atoms with Crippen molar-refractivity contribution in [2.24, 2.45) is 4.99 Å². The molecule has 0 aliphatic carbocycles. The number of morpholine rings is 1. The number of thioether (sulfide) groups is 1. The van der Waals surface area contributed by atoms with Crippen molar-refractivity contribution in [2.75, 3.05) is 52.2 Å². The van der Waals surface area contributed by atoms with E-state index in [9.17, 15) is 4.39 Å². The van der Waals surface area contributed by atoms with E-state index in [1.165, 1.54) is 24.7 Å². The van der Waals surface area contributed by atoms with Crippen molar-refractivity contribution in [3.63, 3.8) is 0 Å². The molecule has 2 heterocycles. The Bertz CT molecular complexity index is 589. The lowest BCUT2D eigenvalue weighted by molar-refractivity contribution is 0.0169. The van der Waals surface area contributed by atoms with Crippen LogP contribution in [0.5, 0.6) is 0 Å². The number of halogens is 1. The maximum absolute atomic E-state index is 13.8. The second-order valence-electron chi connectivity index (χ2n) is 6.69. The van der Waals surface area contributed by atoms with E-state index in [0.29, 0.717) is 11.8 Å². The van der Waals surface area contributed by atoms with Crippen LogP contribution < -0.4 is 10.6 Å². The van der Waals surface area contributed by atoms with Crippen LogP contribution >= 0.6 is 11.8 Å². The lowest BCUT2D eigenvalue weighted by Crippen LogP contribution is -2.47. The van der Waals surface area contributed by atoms with Gasteiger partial charge in [0.1, 0.15) is 5.82 Å². The maximum atomic E-state index is 13.8. The molecule has 7 heteroatoms. The molecule has 0 aromatic heterocycles. The first-order valence-electron chi connectivity index (χ1n) is 9.39. The van der Waals surface area contributed by atoms with E-state index >= 15 is 0 Å². The molecule has 144 valence electrons. The van der Waals surface area contributed by atoms with Crippen molar-refractivity contribution in [3.8, 4) is 0 Å². The summed E-state index contributed by atoms with van der Waals surface area (Å²) in [5.41, 5.74) is 0.987. The van der Waals surface area contributed by atoms with Gasteiger partial charge in [0.05, 0.1) is 19.3 Å². The predicted octanol–water partition coefficient (Wildman–Crippen LogP) is 2.26. The molecule has 0 bridgehead atoms. The average molecular weight is 381 g/mol. The first-order chi connectivity index (χ1) is 12.8. The highest BCUT2D eigenvalue weighted by Gasteiger charge is 2.23. The molecule has 2 saturated heterocycles. The fourth-order valence-corrected chi connectivity index (χ4v) is 4.69. The largest absolute Gasteiger partial charge is 0.379 e. The van der Waals surface area contributed by atoms with Crippen molar-refractivity contribution < 1.29 is 9.13 Å². The lowest BCUT2D eigenvalue weighted by Gasteiger charge is -2.35. The van der Waals surface area contributed by atoms with Crippen LogP contribution in [0.4, 0.5) is 4.39 Å². The van der Waals surface area contributed by atoms with Gasteiger partial charge >= 0.3 is 0 Å². The highest BCUT2D eigenvalue weighted by Crippen LogP contribution is 2.25. The zero-order valence-corrected chi connectivity index (χ0v) is 16.2. The van der Waals surface area contributed by atoms with Gasteiger partial charge in [-0.2, -0.15) is 11.8 Å². The van der Waals surface area contributed by atoms with E-state index in [0.717, 1.165) is 44.4 Å².